The maximum absolute atomic E-state index is 11.2. The van der Waals surface area contributed by atoms with E-state index in [0.717, 1.165) is 0 Å². The topological polar surface area (TPSA) is 61.4 Å². The van der Waals surface area contributed by atoms with Crippen molar-refractivity contribution in [3.8, 4) is 0 Å². The lowest BCUT2D eigenvalue weighted by Gasteiger charge is -2.34. The van der Waals surface area contributed by atoms with E-state index in [1.54, 1.807) is 0 Å². The molecule has 64 valence electrons. The third-order valence-electron chi connectivity index (χ3n) is 1.91. The zero-order chi connectivity index (χ0) is 8.48. The predicted octanol–water partition coefficient (Wildman–Crippen LogP) is -1.15. The number of hydrogen-bond acceptors (Lipinski definition) is 3. The van der Waals surface area contributed by atoms with Gasteiger partial charge in [0.25, 0.3) is 0 Å². The molecular weight excluding hydrogens is 144 g/mol. The molecule has 1 aliphatic rings. The van der Waals surface area contributed by atoms with Gasteiger partial charge in [-0.2, -0.15) is 0 Å². The Morgan fingerprint density at radius 3 is 2.82 bits per heavy atom. The summed E-state index contributed by atoms with van der Waals surface area (Å²) < 4.78 is 0. The summed E-state index contributed by atoms with van der Waals surface area (Å²) in [5, 5.41) is 14.5. The van der Waals surface area contributed by atoms with Crippen LogP contribution in [0.15, 0.2) is 0 Å². The van der Waals surface area contributed by atoms with Gasteiger partial charge in [-0.1, -0.05) is 0 Å². The number of piperazine rings is 1. The van der Waals surface area contributed by atoms with Crippen LogP contribution in [-0.4, -0.2) is 35.7 Å². The highest BCUT2D eigenvalue weighted by molar-refractivity contribution is 5.86. The standard InChI is InChI=1S/C7H14N2O2/c1-7(2)6(11)9-5(4-10)3-8-7/h5,8,10H,3-4H2,1-2H3,(H,9,11). The van der Waals surface area contributed by atoms with Gasteiger partial charge in [0.15, 0.2) is 0 Å². The van der Waals surface area contributed by atoms with Gasteiger partial charge in [0.1, 0.15) is 0 Å². The first-order chi connectivity index (χ1) is 5.06. The number of hydrogen-bond donors (Lipinski definition) is 3. The maximum atomic E-state index is 11.2. The molecule has 1 heterocycles. The van der Waals surface area contributed by atoms with Crippen molar-refractivity contribution in [3.63, 3.8) is 0 Å². The van der Waals surface area contributed by atoms with E-state index in [9.17, 15) is 4.79 Å². The van der Waals surface area contributed by atoms with Crippen LogP contribution in [0.4, 0.5) is 0 Å². The SMILES string of the molecule is CC1(C)NCC(CO)NC1=O. The van der Waals surface area contributed by atoms with Crippen molar-refractivity contribution in [2.45, 2.75) is 25.4 Å². The van der Waals surface area contributed by atoms with Gasteiger partial charge in [0.05, 0.1) is 18.2 Å². The molecule has 0 aromatic rings. The van der Waals surface area contributed by atoms with E-state index in [0.29, 0.717) is 6.54 Å². The summed E-state index contributed by atoms with van der Waals surface area (Å²) in [6.07, 6.45) is 0. The van der Waals surface area contributed by atoms with Crippen molar-refractivity contribution in [3.05, 3.63) is 0 Å². The lowest BCUT2D eigenvalue weighted by atomic mass is 10.0. The molecule has 1 unspecified atom stereocenters. The van der Waals surface area contributed by atoms with Crippen molar-refractivity contribution in [2.75, 3.05) is 13.2 Å². The molecule has 1 atom stereocenters. The number of aliphatic hydroxyl groups excluding tert-OH is 1. The first-order valence-electron chi connectivity index (χ1n) is 3.73. The van der Waals surface area contributed by atoms with E-state index in [-0.39, 0.29) is 18.6 Å². The number of carbonyl (C=O) groups is 1. The van der Waals surface area contributed by atoms with Crippen molar-refractivity contribution >= 4 is 5.91 Å². The molecule has 1 amide bonds. The van der Waals surface area contributed by atoms with Crippen molar-refractivity contribution in [1.29, 1.82) is 0 Å². The molecule has 4 nitrogen and oxygen atoms in total. The zero-order valence-corrected chi connectivity index (χ0v) is 6.85. The van der Waals surface area contributed by atoms with Crippen LogP contribution in [-0.2, 0) is 4.79 Å². The molecule has 4 heteroatoms. The Balaban J connectivity index is 2.55. The third-order valence-corrected chi connectivity index (χ3v) is 1.91. The van der Waals surface area contributed by atoms with Crippen LogP contribution in [0.3, 0.4) is 0 Å². The Hall–Kier alpha value is -0.610. The summed E-state index contributed by atoms with van der Waals surface area (Å²) in [5.74, 6) is -0.0530. The number of aliphatic hydroxyl groups is 1. The van der Waals surface area contributed by atoms with Crippen LogP contribution >= 0.6 is 0 Å². The monoisotopic (exact) mass is 158 g/mol. The van der Waals surface area contributed by atoms with Gasteiger partial charge in [-0.3, -0.25) is 4.79 Å². The summed E-state index contributed by atoms with van der Waals surface area (Å²) in [4.78, 5) is 11.2. The minimum Gasteiger partial charge on any atom is -0.394 e. The van der Waals surface area contributed by atoms with Crippen LogP contribution in [0.5, 0.6) is 0 Å². The first kappa shape index (κ1) is 8.49. The predicted molar refractivity (Wildman–Crippen MR) is 41.1 cm³/mol. The second-order valence-corrected chi connectivity index (χ2v) is 3.36. The van der Waals surface area contributed by atoms with Gasteiger partial charge in [0, 0.05) is 6.54 Å². The van der Waals surface area contributed by atoms with Gasteiger partial charge in [-0.05, 0) is 13.8 Å². The van der Waals surface area contributed by atoms with Gasteiger partial charge in [0.2, 0.25) is 5.91 Å². The fourth-order valence-corrected chi connectivity index (χ4v) is 0.986. The molecule has 0 aromatic heterocycles. The quantitative estimate of drug-likeness (QED) is 0.451. The Kier molecular flexibility index (Phi) is 2.15. The Morgan fingerprint density at radius 1 is 1.73 bits per heavy atom. The molecule has 0 spiro atoms. The van der Waals surface area contributed by atoms with E-state index in [1.165, 1.54) is 0 Å². The molecule has 1 fully saturated rings. The molecule has 0 bridgehead atoms. The number of rotatable bonds is 1. The lowest BCUT2D eigenvalue weighted by Crippen LogP contribution is -2.64. The largest absolute Gasteiger partial charge is 0.394 e. The highest BCUT2D eigenvalue weighted by Gasteiger charge is 2.33. The second kappa shape index (κ2) is 2.79. The molecule has 0 aliphatic carbocycles. The fourth-order valence-electron chi connectivity index (χ4n) is 0.986. The van der Waals surface area contributed by atoms with Crippen LogP contribution < -0.4 is 10.6 Å². The molecule has 0 radical (unpaired) electrons. The van der Waals surface area contributed by atoms with Gasteiger partial charge in [-0.15, -0.1) is 0 Å². The molecule has 0 aromatic carbocycles. The second-order valence-electron chi connectivity index (χ2n) is 3.36. The van der Waals surface area contributed by atoms with E-state index in [2.05, 4.69) is 10.6 Å². The van der Waals surface area contributed by atoms with Crippen LogP contribution in [0, 0.1) is 0 Å². The van der Waals surface area contributed by atoms with E-state index < -0.39 is 5.54 Å². The molecule has 11 heavy (non-hydrogen) atoms. The fraction of sp³-hybridized carbons (Fsp3) is 0.857. The van der Waals surface area contributed by atoms with Crippen molar-refractivity contribution in [2.24, 2.45) is 0 Å². The smallest absolute Gasteiger partial charge is 0.240 e. The minimum atomic E-state index is -0.494. The lowest BCUT2D eigenvalue weighted by molar-refractivity contribution is -0.129. The van der Waals surface area contributed by atoms with Gasteiger partial charge in [-0.25, -0.2) is 0 Å². The van der Waals surface area contributed by atoms with Crippen molar-refractivity contribution in [1.82, 2.24) is 10.6 Å². The summed E-state index contributed by atoms with van der Waals surface area (Å²) in [6.45, 7) is 4.26. The average Bonchev–Trinajstić information content (AvgIpc) is 1.95. The first-order valence-corrected chi connectivity index (χ1v) is 3.73. The third kappa shape index (κ3) is 1.70. The highest BCUT2D eigenvalue weighted by atomic mass is 16.3. The normalized spacial score (nSPS) is 29.7. The minimum absolute atomic E-state index is 0.00514. The molecule has 1 rings (SSSR count). The van der Waals surface area contributed by atoms with Crippen LogP contribution in [0.25, 0.3) is 0 Å². The number of carbonyl (C=O) groups excluding carboxylic acids is 1. The Bertz CT molecular complexity index is 168. The molecule has 0 saturated carbocycles. The maximum Gasteiger partial charge on any atom is 0.240 e. The molecule has 1 saturated heterocycles. The van der Waals surface area contributed by atoms with E-state index >= 15 is 0 Å². The molecule has 1 aliphatic heterocycles. The van der Waals surface area contributed by atoms with Gasteiger partial charge < -0.3 is 15.7 Å². The molecule has 3 N–H and O–H groups in total. The molecular formula is C7H14N2O2. The Morgan fingerprint density at radius 2 is 2.36 bits per heavy atom. The number of nitrogens with one attached hydrogen (secondary N) is 2. The summed E-state index contributed by atoms with van der Waals surface area (Å²) in [6, 6.07) is -0.129. The van der Waals surface area contributed by atoms with Gasteiger partial charge >= 0.3 is 0 Å². The average molecular weight is 158 g/mol. The van der Waals surface area contributed by atoms with E-state index in [1.807, 2.05) is 13.8 Å². The van der Waals surface area contributed by atoms with Crippen LogP contribution in [0.2, 0.25) is 0 Å². The van der Waals surface area contributed by atoms with Crippen LogP contribution in [0.1, 0.15) is 13.8 Å². The number of amides is 1. The highest BCUT2D eigenvalue weighted by Crippen LogP contribution is 2.06. The van der Waals surface area contributed by atoms with E-state index in [4.69, 9.17) is 5.11 Å². The zero-order valence-electron chi connectivity index (χ0n) is 6.85. The Labute approximate surface area is 66.0 Å². The van der Waals surface area contributed by atoms with Crippen molar-refractivity contribution < 1.29 is 9.90 Å². The summed E-state index contributed by atoms with van der Waals surface area (Å²) >= 11 is 0. The summed E-state index contributed by atoms with van der Waals surface area (Å²) in [7, 11) is 0. The summed E-state index contributed by atoms with van der Waals surface area (Å²) in [5.41, 5.74) is -0.494.